The van der Waals surface area contributed by atoms with E-state index in [4.69, 9.17) is 0 Å². The third-order valence-electron chi connectivity index (χ3n) is 4.67. The van der Waals surface area contributed by atoms with E-state index < -0.39 is 10.0 Å². The number of amides is 1. The van der Waals surface area contributed by atoms with Crippen LogP contribution in [0.2, 0.25) is 0 Å². The van der Waals surface area contributed by atoms with Crippen LogP contribution in [0.3, 0.4) is 0 Å². The Morgan fingerprint density at radius 3 is 2.25 bits per heavy atom. The number of benzene rings is 2. The predicted molar refractivity (Wildman–Crippen MR) is 114 cm³/mol. The van der Waals surface area contributed by atoms with Crippen LogP contribution in [-0.2, 0) is 20.6 Å². The number of piperazine rings is 1. The lowest BCUT2D eigenvalue weighted by atomic mass is 10.2. The van der Waals surface area contributed by atoms with Crippen LogP contribution < -0.4 is 0 Å². The summed E-state index contributed by atoms with van der Waals surface area (Å²) in [7, 11) is -3.37. The van der Waals surface area contributed by atoms with E-state index in [1.807, 2.05) is 60.9 Å². The zero-order valence-electron chi connectivity index (χ0n) is 15.8. The zero-order chi connectivity index (χ0) is 20.0. The van der Waals surface area contributed by atoms with Crippen molar-refractivity contribution in [3.63, 3.8) is 0 Å². The number of hydrogen-bond acceptors (Lipinski definition) is 4. The molecule has 2 aromatic rings. The van der Waals surface area contributed by atoms with Crippen molar-refractivity contribution in [1.29, 1.82) is 0 Å². The molecule has 1 aliphatic heterocycles. The Morgan fingerprint density at radius 1 is 1.00 bits per heavy atom. The lowest BCUT2D eigenvalue weighted by molar-refractivity contribution is -0.127. The smallest absolute Gasteiger partial charge is 0.246 e. The number of sulfonamides is 1. The molecule has 0 spiro atoms. The normalized spacial score (nSPS) is 15.8. The molecule has 1 amide bonds. The minimum Gasteiger partial charge on any atom is -0.337 e. The molecule has 0 atom stereocenters. The highest BCUT2D eigenvalue weighted by molar-refractivity contribution is 7.98. The van der Waals surface area contributed by atoms with Gasteiger partial charge < -0.3 is 4.90 Å². The summed E-state index contributed by atoms with van der Waals surface area (Å²) < 4.78 is 26.7. The lowest BCUT2D eigenvalue weighted by Crippen LogP contribution is -2.50. The number of rotatable bonds is 6. The van der Waals surface area contributed by atoms with Crippen molar-refractivity contribution in [3.8, 4) is 0 Å². The van der Waals surface area contributed by atoms with Crippen molar-refractivity contribution < 1.29 is 13.2 Å². The van der Waals surface area contributed by atoms with Crippen LogP contribution in [0.15, 0.2) is 65.6 Å². The molecule has 148 valence electrons. The fourth-order valence-electron chi connectivity index (χ4n) is 3.05. The van der Waals surface area contributed by atoms with E-state index in [0.29, 0.717) is 26.2 Å². The molecule has 0 N–H and O–H groups in total. The number of carbonyl (C=O) groups is 1. The molecule has 2 aromatic carbocycles. The molecule has 1 saturated heterocycles. The summed E-state index contributed by atoms with van der Waals surface area (Å²) in [5.41, 5.74) is 1.74. The fraction of sp³-hybridized carbons (Fsp3) is 0.286. The average Bonchev–Trinajstić information content (AvgIpc) is 2.73. The molecule has 3 rings (SSSR count). The topological polar surface area (TPSA) is 57.7 Å². The minimum atomic E-state index is -3.37. The molecule has 0 aliphatic carbocycles. The summed E-state index contributed by atoms with van der Waals surface area (Å²) in [5, 5.41) is 0. The third-order valence-corrected chi connectivity index (χ3v) is 7.26. The Kier molecular flexibility index (Phi) is 6.93. The summed E-state index contributed by atoms with van der Waals surface area (Å²) in [5.74, 6) is -0.0951. The van der Waals surface area contributed by atoms with E-state index in [9.17, 15) is 13.2 Å². The van der Waals surface area contributed by atoms with Gasteiger partial charge in [-0.25, -0.2) is 8.42 Å². The Balaban J connectivity index is 1.54. The summed E-state index contributed by atoms with van der Waals surface area (Å²) in [6.45, 7) is 1.47. The first kappa shape index (κ1) is 20.6. The highest BCUT2D eigenvalue weighted by Gasteiger charge is 2.28. The van der Waals surface area contributed by atoms with Gasteiger partial charge in [0.25, 0.3) is 0 Å². The monoisotopic (exact) mass is 416 g/mol. The Hall–Kier alpha value is -2.09. The first-order chi connectivity index (χ1) is 13.5. The van der Waals surface area contributed by atoms with Gasteiger partial charge in [-0.15, -0.1) is 11.8 Å². The number of nitrogens with zero attached hydrogens (tertiary/aromatic N) is 2. The molecule has 1 aliphatic rings. The second kappa shape index (κ2) is 9.41. The SMILES string of the molecule is CSc1ccc(/C=C/C(=O)N2CCN(S(=O)(=O)Cc3ccccc3)CC2)cc1. The lowest BCUT2D eigenvalue weighted by Gasteiger charge is -2.33. The fourth-order valence-corrected chi connectivity index (χ4v) is 4.97. The van der Waals surface area contributed by atoms with Gasteiger partial charge in [0.1, 0.15) is 0 Å². The maximum Gasteiger partial charge on any atom is 0.246 e. The highest BCUT2D eigenvalue weighted by Crippen LogP contribution is 2.16. The molecular weight excluding hydrogens is 392 g/mol. The highest BCUT2D eigenvalue weighted by atomic mass is 32.2. The van der Waals surface area contributed by atoms with Gasteiger partial charge in [-0.1, -0.05) is 42.5 Å². The maximum absolute atomic E-state index is 12.6. The van der Waals surface area contributed by atoms with Gasteiger partial charge in [0.2, 0.25) is 15.9 Å². The van der Waals surface area contributed by atoms with Gasteiger partial charge in [0.15, 0.2) is 0 Å². The van der Waals surface area contributed by atoms with Gasteiger partial charge in [0, 0.05) is 37.2 Å². The van der Waals surface area contributed by atoms with Crippen molar-refractivity contribution in [2.75, 3.05) is 32.4 Å². The van der Waals surface area contributed by atoms with E-state index in [0.717, 1.165) is 11.1 Å². The molecule has 0 unspecified atom stereocenters. The second-order valence-corrected chi connectivity index (χ2v) is 9.42. The molecule has 0 saturated carbocycles. The van der Waals surface area contributed by atoms with Gasteiger partial charge in [0.05, 0.1) is 5.75 Å². The molecule has 7 heteroatoms. The van der Waals surface area contributed by atoms with Crippen LogP contribution in [-0.4, -0.2) is 56.0 Å². The van der Waals surface area contributed by atoms with Crippen molar-refractivity contribution in [2.24, 2.45) is 0 Å². The quantitative estimate of drug-likeness (QED) is 0.536. The van der Waals surface area contributed by atoms with E-state index in [1.54, 1.807) is 28.8 Å². The van der Waals surface area contributed by atoms with Crippen molar-refractivity contribution >= 4 is 33.8 Å². The van der Waals surface area contributed by atoms with Gasteiger partial charge in [-0.05, 0) is 35.6 Å². The maximum atomic E-state index is 12.6. The minimum absolute atomic E-state index is 0.00622. The summed E-state index contributed by atoms with van der Waals surface area (Å²) in [6.07, 6.45) is 5.38. The Bertz CT molecular complexity index is 918. The van der Waals surface area contributed by atoms with Crippen LogP contribution in [0.5, 0.6) is 0 Å². The number of hydrogen-bond donors (Lipinski definition) is 0. The van der Waals surface area contributed by atoms with Gasteiger partial charge in [-0.2, -0.15) is 4.31 Å². The first-order valence-corrected chi connectivity index (χ1v) is 11.9. The van der Waals surface area contributed by atoms with E-state index in [1.165, 1.54) is 9.20 Å². The Labute approximate surface area is 171 Å². The molecule has 5 nitrogen and oxygen atoms in total. The summed E-state index contributed by atoms with van der Waals surface area (Å²) >= 11 is 1.67. The molecule has 1 fully saturated rings. The van der Waals surface area contributed by atoms with Crippen molar-refractivity contribution in [1.82, 2.24) is 9.21 Å². The third kappa shape index (κ3) is 5.47. The van der Waals surface area contributed by atoms with Crippen LogP contribution >= 0.6 is 11.8 Å². The second-order valence-electron chi connectivity index (χ2n) is 6.57. The Morgan fingerprint density at radius 2 is 1.64 bits per heavy atom. The van der Waals surface area contributed by atoms with Crippen LogP contribution in [0, 0.1) is 0 Å². The van der Waals surface area contributed by atoms with Gasteiger partial charge >= 0.3 is 0 Å². The largest absolute Gasteiger partial charge is 0.337 e. The molecule has 1 heterocycles. The van der Waals surface area contributed by atoms with E-state index in [-0.39, 0.29) is 11.7 Å². The molecular formula is C21H24N2O3S2. The van der Waals surface area contributed by atoms with Crippen LogP contribution in [0.1, 0.15) is 11.1 Å². The summed E-state index contributed by atoms with van der Waals surface area (Å²) in [4.78, 5) is 15.3. The molecule has 0 radical (unpaired) electrons. The molecule has 0 bridgehead atoms. The van der Waals surface area contributed by atoms with Gasteiger partial charge in [-0.3, -0.25) is 4.79 Å². The van der Waals surface area contributed by atoms with Crippen LogP contribution in [0.4, 0.5) is 0 Å². The zero-order valence-corrected chi connectivity index (χ0v) is 17.5. The van der Waals surface area contributed by atoms with E-state index in [2.05, 4.69) is 0 Å². The van der Waals surface area contributed by atoms with E-state index >= 15 is 0 Å². The number of thioether (sulfide) groups is 1. The first-order valence-electron chi connectivity index (χ1n) is 9.11. The predicted octanol–water partition coefficient (Wildman–Crippen LogP) is 3.10. The molecule has 28 heavy (non-hydrogen) atoms. The van der Waals surface area contributed by atoms with Crippen molar-refractivity contribution in [3.05, 3.63) is 71.8 Å². The summed E-state index contributed by atoms with van der Waals surface area (Å²) in [6, 6.07) is 17.2. The standard InChI is InChI=1S/C21H24N2O3S2/c1-27-20-10-7-18(8-11-20)9-12-21(24)22-13-15-23(16-14-22)28(25,26)17-19-5-3-2-4-6-19/h2-12H,13-17H2,1H3/b12-9+. The average molecular weight is 417 g/mol. The molecule has 0 aromatic heterocycles. The van der Waals surface area contributed by atoms with Crippen molar-refractivity contribution in [2.45, 2.75) is 10.6 Å². The number of carbonyl (C=O) groups excluding carboxylic acids is 1. The van der Waals surface area contributed by atoms with Crippen LogP contribution in [0.25, 0.3) is 6.08 Å².